The van der Waals surface area contributed by atoms with Crippen LogP contribution < -0.4 is 14.2 Å². The second-order valence-corrected chi connectivity index (χ2v) is 10.7. The quantitative estimate of drug-likeness (QED) is 0.240. The van der Waals surface area contributed by atoms with Gasteiger partial charge >= 0.3 is 0 Å². The van der Waals surface area contributed by atoms with E-state index in [4.69, 9.17) is 14.2 Å². The third kappa shape index (κ3) is 4.50. The van der Waals surface area contributed by atoms with Crippen molar-refractivity contribution in [1.82, 2.24) is 9.88 Å². The van der Waals surface area contributed by atoms with Crippen molar-refractivity contribution in [3.63, 3.8) is 0 Å². The monoisotopic (exact) mass is 552 g/mol. The van der Waals surface area contributed by atoms with Crippen LogP contribution in [0.2, 0.25) is 0 Å². The maximum absolute atomic E-state index is 14.0. The molecule has 0 bridgehead atoms. The van der Waals surface area contributed by atoms with E-state index in [0.29, 0.717) is 18.1 Å². The molecule has 0 radical (unpaired) electrons. The van der Waals surface area contributed by atoms with Crippen molar-refractivity contribution in [2.75, 3.05) is 20.8 Å². The molecule has 5 nitrogen and oxygen atoms in total. The third-order valence-electron chi connectivity index (χ3n) is 8.47. The van der Waals surface area contributed by atoms with Crippen LogP contribution in [-0.4, -0.2) is 30.6 Å². The first-order chi connectivity index (χ1) is 20.0. The molecular weight excluding hydrogens is 522 g/mol. The average molecular weight is 553 g/mol. The Morgan fingerprint density at radius 1 is 0.854 bits per heavy atom. The Balaban J connectivity index is 1.33. The molecule has 5 aromatic rings. The zero-order valence-corrected chi connectivity index (χ0v) is 22.9. The zero-order chi connectivity index (χ0) is 28.1. The Kier molecular flexibility index (Phi) is 6.39. The number of ether oxygens (including phenoxy) is 3. The second-order valence-electron chi connectivity index (χ2n) is 10.7. The molecule has 2 atom stereocenters. The van der Waals surface area contributed by atoms with Crippen LogP contribution in [0.4, 0.5) is 8.78 Å². The van der Waals surface area contributed by atoms with Gasteiger partial charge in [0, 0.05) is 29.2 Å². The molecule has 0 fully saturated rings. The number of benzene rings is 4. The van der Waals surface area contributed by atoms with Crippen LogP contribution in [-0.2, 0) is 19.4 Å². The maximum atomic E-state index is 14.0. The Morgan fingerprint density at radius 2 is 1.61 bits per heavy atom. The van der Waals surface area contributed by atoms with Gasteiger partial charge in [0.15, 0.2) is 11.5 Å². The van der Waals surface area contributed by atoms with E-state index in [1.165, 1.54) is 41.0 Å². The lowest BCUT2D eigenvalue weighted by molar-refractivity contribution is 0.127. The molecule has 208 valence electrons. The maximum Gasteiger partial charge on any atom is 0.162 e. The lowest BCUT2D eigenvalue weighted by Gasteiger charge is -2.46. The van der Waals surface area contributed by atoms with Crippen LogP contribution in [0.15, 0.2) is 78.9 Å². The van der Waals surface area contributed by atoms with Gasteiger partial charge in [-0.1, -0.05) is 24.3 Å². The van der Waals surface area contributed by atoms with E-state index in [1.807, 2.05) is 18.2 Å². The van der Waals surface area contributed by atoms with Crippen LogP contribution in [0.25, 0.3) is 10.9 Å². The molecule has 1 aromatic heterocycles. The number of hydrogen-bond acceptors (Lipinski definition) is 4. The minimum atomic E-state index is -0.275. The van der Waals surface area contributed by atoms with Crippen molar-refractivity contribution in [1.29, 1.82) is 0 Å². The van der Waals surface area contributed by atoms with Gasteiger partial charge in [-0.3, -0.25) is 4.90 Å². The van der Waals surface area contributed by atoms with E-state index < -0.39 is 0 Å². The highest BCUT2D eigenvalue weighted by atomic mass is 19.1. The molecule has 0 saturated carbocycles. The first kappa shape index (κ1) is 25.6. The van der Waals surface area contributed by atoms with Gasteiger partial charge in [0.2, 0.25) is 0 Å². The predicted molar refractivity (Wildman–Crippen MR) is 154 cm³/mol. The van der Waals surface area contributed by atoms with Gasteiger partial charge in [0.1, 0.15) is 24.0 Å². The molecule has 1 N–H and O–H groups in total. The Hall–Kier alpha value is -4.36. The lowest BCUT2D eigenvalue weighted by atomic mass is 9.80. The first-order valence-electron chi connectivity index (χ1n) is 13.8. The molecule has 0 saturated heterocycles. The molecule has 7 rings (SSSR count). The third-order valence-corrected chi connectivity index (χ3v) is 8.47. The fourth-order valence-electron chi connectivity index (χ4n) is 6.47. The van der Waals surface area contributed by atoms with Gasteiger partial charge in [-0.05, 0) is 95.3 Å². The highest BCUT2D eigenvalue weighted by Gasteiger charge is 2.41. The smallest absolute Gasteiger partial charge is 0.162 e. The summed E-state index contributed by atoms with van der Waals surface area (Å²) >= 11 is 0. The van der Waals surface area contributed by atoms with Gasteiger partial charge in [-0.2, -0.15) is 0 Å². The zero-order valence-electron chi connectivity index (χ0n) is 22.9. The van der Waals surface area contributed by atoms with Crippen molar-refractivity contribution in [3.8, 4) is 17.2 Å². The molecular formula is C34H30F2N2O3. The van der Waals surface area contributed by atoms with Gasteiger partial charge in [0.25, 0.3) is 0 Å². The molecule has 2 aliphatic rings. The molecule has 2 aliphatic heterocycles. The summed E-state index contributed by atoms with van der Waals surface area (Å²) in [5, 5.41) is 1.14. The summed E-state index contributed by atoms with van der Waals surface area (Å²) in [6, 6.07) is 23.5. The summed E-state index contributed by atoms with van der Waals surface area (Å²) in [6.45, 7) is 1.14. The summed E-state index contributed by atoms with van der Waals surface area (Å²) in [5.74, 6) is 1.62. The van der Waals surface area contributed by atoms with E-state index in [2.05, 4.69) is 34.1 Å². The lowest BCUT2D eigenvalue weighted by Crippen LogP contribution is -2.43. The largest absolute Gasteiger partial charge is 0.497 e. The van der Waals surface area contributed by atoms with Crippen molar-refractivity contribution in [3.05, 3.63) is 124 Å². The minimum absolute atomic E-state index is 0.0680. The molecule has 0 spiro atoms. The van der Waals surface area contributed by atoms with Crippen molar-refractivity contribution in [2.45, 2.75) is 31.5 Å². The highest BCUT2D eigenvalue weighted by Crippen LogP contribution is 2.50. The number of hydrogen-bond donors (Lipinski definition) is 1. The first-order valence-corrected chi connectivity index (χ1v) is 13.8. The minimum Gasteiger partial charge on any atom is -0.497 e. The highest BCUT2D eigenvalue weighted by molar-refractivity contribution is 5.87. The number of methoxy groups -OCH3 is 2. The number of H-pyrrole nitrogens is 1. The van der Waals surface area contributed by atoms with Crippen molar-refractivity contribution in [2.24, 2.45) is 0 Å². The predicted octanol–water partition coefficient (Wildman–Crippen LogP) is 7.29. The molecule has 41 heavy (non-hydrogen) atoms. The Morgan fingerprint density at radius 3 is 2.34 bits per heavy atom. The van der Waals surface area contributed by atoms with Gasteiger partial charge in [-0.15, -0.1) is 0 Å². The molecule has 2 unspecified atom stereocenters. The van der Waals surface area contributed by atoms with Crippen LogP contribution >= 0.6 is 0 Å². The van der Waals surface area contributed by atoms with Crippen LogP contribution in [0, 0.1) is 11.6 Å². The van der Waals surface area contributed by atoms with Gasteiger partial charge in [-0.25, -0.2) is 8.78 Å². The standard InChI is InChI=1S/C34H30F2N2O3/c1-39-25-11-12-29-27(16-25)28-17-30-26-18-32(41-19-20-3-7-23(35)8-4-20)31(40-2)15-22(26)13-14-38(30)34(33(28)37-29)21-5-9-24(36)10-6-21/h3-12,15-16,18,30,34,37H,13-14,17,19H2,1-2H3. The number of rotatable bonds is 6. The summed E-state index contributed by atoms with van der Waals surface area (Å²) < 4.78 is 44.9. The second kappa shape index (κ2) is 10.2. The number of aromatic nitrogens is 1. The number of nitrogens with zero attached hydrogens (tertiary/aromatic N) is 1. The fourth-order valence-corrected chi connectivity index (χ4v) is 6.47. The van der Waals surface area contributed by atoms with E-state index >= 15 is 0 Å². The summed E-state index contributed by atoms with van der Waals surface area (Å²) in [4.78, 5) is 6.21. The van der Waals surface area contributed by atoms with Gasteiger partial charge < -0.3 is 19.2 Å². The normalized spacial score (nSPS) is 18.0. The van der Waals surface area contributed by atoms with Crippen molar-refractivity contribution >= 4 is 10.9 Å². The molecule has 3 heterocycles. The molecule has 7 heteroatoms. The van der Waals surface area contributed by atoms with Crippen LogP contribution in [0.3, 0.4) is 0 Å². The fraction of sp³-hybridized carbons (Fsp3) is 0.235. The number of fused-ring (bicyclic) bond motifs is 6. The average Bonchev–Trinajstić information content (AvgIpc) is 3.37. The number of nitrogens with one attached hydrogen (secondary N) is 1. The number of aromatic amines is 1. The number of halogens is 2. The topological polar surface area (TPSA) is 46.7 Å². The van der Waals surface area contributed by atoms with Gasteiger partial charge in [0.05, 0.1) is 20.3 Å². The molecule has 0 aliphatic carbocycles. The van der Waals surface area contributed by atoms with Crippen LogP contribution in [0.5, 0.6) is 17.2 Å². The van der Waals surface area contributed by atoms with E-state index in [1.54, 1.807) is 26.4 Å². The molecule has 4 aromatic carbocycles. The van der Waals surface area contributed by atoms with E-state index in [0.717, 1.165) is 52.9 Å². The molecule has 0 amide bonds. The summed E-state index contributed by atoms with van der Waals surface area (Å²) in [6.07, 6.45) is 1.65. The van der Waals surface area contributed by atoms with E-state index in [9.17, 15) is 8.78 Å². The van der Waals surface area contributed by atoms with E-state index in [-0.39, 0.29) is 23.7 Å². The Labute approximate surface area is 237 Å². The Bertz CT molecular complexity index is 1730. The summed E-state index contributed by atoms with van der Waals surface area (Å²) in [5.41, 5.74) is 7.78. The summed E-state index contributed by atoms with van der Waals surface area (Å²) in [7, 11) is 3.33. The SMILES string of the molecule is COc1ccc2[nH]c3c(c2c1)CC1c2cc(OCc4ccc(F)cc4)c(OC)cc2CCN1C3c1ccc(F)cc1. The van der Waals surface area contributed by atoms with Crippen LogP contribution in [0.1, 0.15) is 45.6 Å². The van der Waals surface area contributed by atoms with Crippen molar-refractivity contribution < 1.29 is 23.0 Å².